The predicted molar refractivity (Wildman–Crippen MR) is 65.6 cm³/mol. The molecule has 2 heteroatoms. The molecule has 1 aromatic rings. The molecule has 0 amide bonds. The van der Waals surface area contributed by atoms with E-state index in [1.165, 1.54) is 5.56 Å². The third kappa shape index (κ3) is 4.45. The highest BCUT2D eigenvalue weighted by Gasteiger charge is 2.09. The summed E-state index contributed by atoms with van der Waals surface area (Å²) >= 11 is 0. The maximum absolute atomic E-state index is 6.03. The maximum Gasteiger partial charge on any atom is 0.0206 e. The van der Waals surface area contributed by atoms with Crippen molar-refractivity contribution in [1.29, 1.82) is 0 Å². The minimum absolute atomic E-state index is 0.263. The Kier molecular flexibility index (Phi) is 5.37. The van der Waals surface area contributed by atoms with Crippen LogP contribution < -0.4 is 11.1 Å². The minimum atomic E-state index is 0.263. The number of rotatable bonds is 6. The summed E-state index contributed by atoms with van der Waals surface area (Å²) in [6.45, 7) is 6.19. The van der Waals surface area contributed by atoms with Crippen LogP contribution in [0.5, 0.6) is 0 Å². The van der Waals surface area contributed by atoms with Gasteiger partial charge in [-0.2, -0.15) is 0 Å². The van der Waals surface area contributed by atoms with Gasteiger partial charge in [-0.05, 0) is 11.5 Å². The van der Waals surface area contributed by atoms with Crippen LogP contribution in [-0.2, 0) is 6.54 Å². The summed E-state index contributed by atoms with van der Waals surface area (Å²) in [6.07, 6.45) is 1.15. The van der Waals surface area contributed by atoms with Crippen LogP contribution in [0, 0.1) is 5.92 Å². The molecule has 0 spiro atoms. The van der Waals surface area contributed by atoms with E-state index in [9.17, 15) is 0 Å². The zero-order chi connectivity index (χ0) is 11.1. The minimum Gasteiger partial charge on any atom is -0.326 e. The van der Waals surface area contributed by atoms with Gasteiger partial charge in [-0.15, -0.1) is 0 Å². The molecule has 0 bridgehead atoms. The van der Waals surface area contributed by atoms with Crippen LogP contribution in [0.2, 0.25) is 0 Å². The average molecular weight is 206 g/mol. The number of nitrogens with two attached hydrogens (primary N) is 1. The molecule has 0 saturated carbocycles. The summed E-state index contributed by atoms with van der Waals surface area (Å²) in [5.74, 6) is 0.591. The highest BCUT2D eigenvalue weighted by molar-refractivity contribution is 5.14. The average Bonchev–Trinajstić information content (AvgIpc) is 2.29. The van der Waals surface area contributed by atoms with E-state index in [-0.39, 0.29) is 6.04 Å². The Morgan fingerprint density at radius 2 is 1.93 bits per heavy atom. The molecule has 0 aliphatic heterocycles. The Bertz CT molecular complexity index is 258. The molecule has 84 valence electrons. The quantitative estimate of drug-likeness (QED) is 0.748. The third-order valence-corrected chi connectivity index (χ3v) is 2.93. The highest BCUT2D eigenvalue weighted by Crippen LogP contribution is 2.04. The fraction of sp³-hybridized carbons (Fsp3) is 0.538. The molecule has 1 rings (SSSR count). The first kappa shape index (κ1) is 12.2. The molecule has 0 fully saturated rings. The lowest BCUT2D eigenvalue weighted by atomic mass is 10.0. The van der Waals surface area contributed by atoms with Gasteiger partial charge in [0.2, 0.25) is 0 Å². The highest BCUT2D eigenvalue weighted by atomic mass is 14.9. The van der Waals surface area contributed by atoms with Crippen molar-refractivity contribution in [1.82, 2.24) is 5.32 Å². The van der Waals surface area contributed by atoms with E-state index in [0.29, 0.717) is 5.92 Å². The van der Waals surface area contributed by atoms with Gasteiger partial charge in [-0.1, -0.05) is 50.6 Å². The topological polar surface area (TPSA) is 38.0 Å². The van der Waals surface area contributed by atoms with Crippen LogP contribution in [-0.4, -0.2) is 12.6 Å². The molecule has 1 aromatic carbocycles. The monoisotopic (exact) mass is 206 g/mol. The van der Waals surface area contributed by atoms with Crippen molar-refractivity contribution < 1.29 is 0 Å². The lowest BCUT2D eigenvalue weighted by Crippen LogP contribution is -2.38. The SMILES string of the molecule is CCC(C)[C@H](N)CNCc1ccccc1. The second-order valence-corrected chi connectivity index (χ2v) is 4.17. The molecular weight excluding hydrogens is 184 g/mol. The molecule has 15 heavy (non-hydrogen) atoms. The Morgan fingerprint density at radius 1 is 1.27 bits per heavy atom. The lowest BCUT2D eigenvalue weighted by Gasteiger charge is -2.18. The molecule has 1 unspecified atom stereocenters. The van der Waals surface area contributed by atoms with Crippen molar-refractivity contribution in [3.05, 3.63) is 35.9 Å². The molecule has 0 radical (unpaired) electrons. The maximum atomic E-state index is 6.03. The summed E-state index contributed by atoms with van der Waals surface area (Å²) in [4.78, 5) is 0. The van der Waals surface area contributed by atoms with E-state index in [1.807, 2.05) is 6.07 Å². The zero-order valence-electron chi connectivity index (χ0n) is 9.74. The molecule has 0 aliphatic carbocycles. The normalized spacial score (nSPS) is 14.9. The Balaban J connectivity index is 2.22. The van der Waals surface area contributed by atoms with Crippen LogP contribution >= 0.6 is 0 Å². The Hall–Kier alpha value is -0.860. The van der Waals surface area contributed by atoms with Crippen LogP contribution in [0.3, 0.4) is 0 Å². The molecule has 0 saturated heterocycles. The smallest absolute Gasteiger partial charge is 0.0206 e. The first-order chi connectivity index (χ1) is 7.24. The Morgan fingerprint density at radius 3 is 2.53 bits per heavy atom. The fourth-order valence-electron chi connectivity index (χ4n) is 1.48. The second-order valence-electron chi connectivity index (χ2n) is 4.17. The van der Waals surface area contributed by atoms with Gasteiger partial charge in [0.05, 0.1) is 0 Å². The lowest BCUT2D eigenvalue weighted by molar-refractivity contribution is 0.418. The van der Waals surface area contributed by atoms with Gasteiger partial charge in [0.1, 0.15) is 0 Å². The summed E-state index contributed by atoms with van der Waals surface area (Å²) in [7, 11) is 0. The molecule has 2 atom stereocenters. The van der Waals surface area contributed by atoms with E-state index in [4.69, 9.17) is 5.73 Å². The summed E-state index contributed by atoms with van der Waals surface area (Å²) in [5, 5.41) is 3.39. The standard InChI is InChI=1S/C13H22N2/c1-3-11(2)13(14)10-15-9-12-7-5-4-6-8-12/h4-8,11,13,15H,3,9-10,14H2,1-2H3/t11?,13-/m1/s1. The van der Waals surface area contributed by atoms with Gasteiger partial charge in [0.25, 0.3) is 0 Å². The summed E-state index contributed by atoms with van der Waals surface area (Å²) < 4.78 is 0. The van der Waals surface area contributed by atoms with E-state index >= 15 is 0 Å². The van der Waals surface area contributed by atoms with Crippen molar-refractivity contribution in [3.63, 3.8) is 0 Å². The van der Waals surface area contributed by atoms with Crippen molar-refractivity contribution in [3.8, 4) is 0 Å². The van der Waals surface area contributed by atoms with Crippen molar-refractivity contribution in [2.75, 3.05) is 6.54 Å². The van der Waals surface area contributed by atoms with Gasteiger partial charge in [-0.3, -0.25) is 0 Å². The van der Waals surface area contributed by atoms with Crippen LogP contribution in [0.15, 0.2) is 30.3 Å². The molecule has 0 aliphatic rings. The van der Waals surface area contributed by atoms with Gasteiger partial charge in [0.15, 0.2) is 0 Å². The van der Waals surface area contributed by atoms with Gasteiger partial charge >= 0.3 is 0 Å². The molecule has 0 aromatic heterocycles. The predicted octanol–water partition coefficient (Wildman–Crippen LogP) is 2.15. The summed E-state index contributed by atoms with van der Waals surface area (Å²) in [5.41, 5.74) is 7.34. The van der Waals surface area contributed by atoms with Gasteiger partial charge < -0.3 is 11.1 Å². The van der Waals surface area contributed by atoms with Crippen LogP contribution in [0.1, 0.15) is 25.8 Å². The van der Waals surface area contributed by atoms with Crippen molar-refractivity contribution in [2.45, 2.75) is 32.9 Å². The van der Waals surface area contributed by atoms with Crippen LogP contribution in [0.4, 0.5) is 0 Å². The van der Waals surface area contributed by atoms with Gasteiger partial charge in [0, 0.05) is 19.1 Å². The number of hydrogen-bond acceptors (Lipinski definition) is 2. The first-order valence-electron chi connectivity index (χ1n) is 5.74. The van der Waals surface area contributed by atoms with E-state index < -0.39 is 0 Å². The molecule has 3 N–H and O–H groups in total. The van der Waals surface area contributed by atoms with Crippen molar-refractivity contribution in [2.24, 2.45) is 11.7 Å². The van der Waals surface area contributed by atoms with Gasteiger partial charge in [-0.25, -0.2) is 0 Å². The number of hydrogen-bond donors (Lipinski definition) is 2. The second kappa shape index (κ2) is 6.59. The van der Waals surface area contributed by atoms with E-state index in [2.05, 4.69) is 43.4 Å². The van der Waals surface area contributed by atoms with Crippen LogP contribution in [0.25, 0.3) is 0 Å². The molecular formula is C13H22N2. The molecule has 0 heterocycles. The van der Waals surface area contributed by atoms with E-state index in [1.54, 1.807) is 0 Å². The van der Waals surface area contributed by atoms with Crippen molar-refractivity contribution >= 4 is 0 Å². The zero-order valence-corrected chi connectivity index (χ0v) is 9.74. The number of benzene rings is 1. The van der Waals surface area contributed by atoms with E-state index in [0.717, 1.165) is 19.5 Å². The Labute approximate surface area is 92.9 Å². The third-order valence-electron chi connectivity index (χ3n) is 2.93. The largest absolute Gasteiger partial charge is 0.326 e. The molecule has 2 nitrogen and oxygen atoms in total. The summed E-state index contributed by atoms with van der Waals surface area (Å²) in [6, 6.07) is 10.7. The first-order valence-corrected chi connectivity index (χ1v) is 5.74. The number of nitrogens with one attached hydrogen (secondary N) is 1. The fourth-order valence-corrected chi connectivity index (χ4v) is 1.48.